The Balaban J connectivity index is 1.50. The number of nitrogens with one attached hydrogen (secondary N) is 1. The molecular formula is C25H23N5O4. The number of aromatic nitrogens is 3. The van der Waals surface area contributed by atoms with Crippen molar-refractivity contribution in [2.24, 2.45) is 0 Å². The molecule has 2 heterocycles. The fourth-order valence-electron chi connectivity index (χ4n) is 3.74. The van der Waals surface area contributed by atoms with Crippen LogP contribution < -0.4 is 5.43 Å². The second-order valence-electron chi connectivity index (χ2n) is 7.79. The topological polar surface area (TPSA) is 113 Å². The number of hydrazine groups is 1. The number of phenols is 2. The van der Waals surface area contributed by atoms with Crippen LogP contribution >= 0.6 is 0 Å². The zero-order valence-corrected chi connectivity index (χ0v) is 18.3. The molecule has 1 fully saturated rings. The molecule has 3 N–H and O–H groups in total. The highest BCUT2D eigenvalue weighted by Gasteiger charge is 2.20. The molecule has 0 radical (unpaired) electrons. The summed E-state index contributed by atoms with van der Waals surface area (Å²) in [6, 6.07) is 20.6. The van der Waals surface area contributed by atoms with Crippen LogP contribution in [0.2, 0.25) is 0 Å². The number of amides is 1. The van der Waals surface area contributed by atoms with Crippen LogP contribution in [0, 0.1) is 0 Å². The Morgan fingerprint density at radius 1 is 0.853 bits per heavy atom. The first kappa shape index (κ1) is 21.6. The molecule has 1 amide bonds. The van der Waals surface area contributed by atoms with Gasteiger partial charge in [0.25, 0.3) is 5.91 Å². The molecule has 172 valence electrons. The molecule has 1 aromatic heterocycles. The van der Waals surface area contributed by atoms with E-state index in [0.29, 0.717) is 60.3 Å². The highest BCUT2D eigenvalue weighted by Crippen LogP contribution is 2.33. The Morgan fingerprint density at radius 2 is 1.47 bits per heavy atom. The first-order valence-electron chi connectivity index (χ1n) is 10.9. The molecule has 0 atom stereocenters. The number of hydrogen-bond donors (Lipinski definition) is 3. The van der Waals surface area contributed by atoms with Crippen molar-refractivity contribution in [1.29, 1.82) is 0 Å². The van der Waals surface area contributed by atoms with Crippen molar-refractivity contribution in [3.8, 4) is 40.0 Å². The minimum Gasteiger partial charge on any atom is -0.507 e. The summed E-state index contributed by atoms with van der Waals surface area (Å²) in [5.74, 6) is 0.621. The van der Waals surface area contributed by atoms with Crippen LogP contribution in [-0.2, 0) is 4.74 Å². The average Bonchev–Trinajstić information content (AvgIpc) is 3.30. The van der Waals surface area contributed by atoms with E-state index in [-0.39, 0.29) is 17.4 Å². The Morgan fingerprint density at radius 3 is 2.12 bits per heavy atom. The number of ether oxygens (including phenoxy) is 1. The zero-order chi connectivity index (χ0) is 23.5. The van der Waals surface area contributed by atoms with E-state index >= 15 is 0 Å². The first-order chi connectivity index (χ1) is 16.6. The molecule has 0 bridgehead atoms. The number of benzene rings is 3. The summed E-state index contributed by atoms with van der Waals surface area (Å²) in [6.45, 7) is 2.45. The van der Waals surface area contributed by atoms with Gasteiger partial charge < -0.3 is 14.9 Å². The van der Waals surface area contributed by atoms with Crippen molar-refractivity contribution < 1.29 is 19.7 Å². The quantitative estimate of drug-likeness (QED) is 0.422. The normalized spacial score (nSPS) is 14.1. The van der Waals surface area contributed by atoms with Crippen LogP contribution in [0.3, 0.4) is 0 Å². The summed E-state index contributed by atoms with van der Waals surface area (Å²) < 4.78 is 6.89. The van der Waals surface area contributed by atoms with Crippen LogP contribution in [0.5, 0.6) is 11.5 Å². The first-order valence-corrected chi connectivity index (χ1v) is 10.9. The molecule has 34 heavy (non-hydrogen) atoms. The second-order valence-corrected chi connectivity index (χ2v) is 7.79. The molecule has 9 nitrogen and oxygen atoms in total. The number of rotatable bonds is 5. The Labute approximate surface area is 195 Å². The third-order valence-corrected chi connectivity index (χ3v) is 5.54. The van der Waals surface area contributed by atoms with Crippen LogP contribution in [0.15, 0.2) is 72.8 Å². The highest BCUT2D eigenvalue weighted by atomic mass is 16.5. The molecule has 1 aliphatic rings. The molecule has 4 aromatic rings. The van der Waals surface area contributed by atoms with Gasteiger partial charge in [0.1, 0.15) is 11.5 Å². The van der Waals surface area contributed by atoms with Gasteiger partial charge in [-0.15, -0.1) is 5.10 Å². The number of aromatic hydroxyl groups is 2. The van der Waals surface area contributed by atoms with E-state index in [1.54, 1.807) is 77.5 Å². The molecule has 0 spiro atoms. The number of hydrogen-bond acceptors (Lipinski definition) is 7. The van der Waals surface area contributed by atoms with Crippen molar-refractivity contribution in [1.82, 2.24) is 25.2 Å². The third kappa shape index (κ3) is 4.34. The number of phenolic OH excluding ortho intramolecular Hbond substituents is 2. The van der Waals surface area contributed by atoms with E-state index in [1.807, 2.05) is 5.01 Å². The van der Waals surface area contributed by atoms with Gasteiger partial charge >= 0.3 is 0 Å². The summed E-state index contributed by atoms with van der Waals surface area (Å²) in [5.41, 5.74) is 5.00. The lowest BCUT2D eigenvalue weighted by molar-refractivity contribution is 0.0126. The van der Waals surface area contributed by atoms with Crippen molar-refractivity contribution in [3.05, 3.63) is 78.4 Å². The maximum absolute atomic E-state index is 12.6. The van der Waals surface area contributed by atoms with E-state index in [4.69, 9.17) is 4.74 Å². The predicted octanol–water partition coefficient (Wildman–Crippen LogP) is 2.99. The van der Waals surface area contributed by atoms with E-state index in [1.165, 1.54) is 0 Å². The molecule has 1 saturated heterocycles. The van der Waals surface area contributed by atoms with Crippen LogP contribution in [0.4, 0.5) is 0 Å². The maximum atomic E-state index is 12.6. The zero-order valence-electron chi connectivity index (χ0n) is 18.3. The van der Waals surface area contributed by atoms with Gasteiger partial charge in [0, 0.05) is 18.7 Å². The van der Waals surface area contributed by atoms with E-state index in [9.17, 15) is 15.0 Å². The van der Waals surface area contributed by atoms with Crippen LogP contribution in [-0.4, -0.2) is 62.2 Å². The standard InChI is InChI=1S/C25H23N5O4/c31-21-7-3-1-5-19(21)23-26-24(20-6-2-4-8-22(20)32)30(27-23)18-11-9-17(10-12-18)25(33)28-29-13-15-34-16-14-29/h1-12,31-32H,13-16H2,(H,28,33). The van der Waals surface area contributed by atoms with Crippen molar-refractivity contribution in [3.63, 3.8) is 0 Å². The number of carbonyl (C=O) groups excluding carboxylic acids is 1. The molecule has 3 aromatic carbocycles. The van der Waals surface area contributed by atoms with Crippen LogP contribution in [0.25, 0.3) is 28.5 Å². The van der Waals surface area contributed by atoms with Crippen molar-refractivity contribution in [2.75, 3.05) is 26.3 Å². The lowest BCUT2D eigenvalue weighted by Gasteiger charge is -2.26. The molecule has 5 rings (SSSR count). The minimum atomic E-state index is -0.206. The summed E-state index contributed by atoms with van der Waals surface area (Å²) >= 11 is 0. The van der Waals surface area contributed by atoms with Gasteiger partial charge in [-0.3, -0.25) is 10.2 Å². The second kappa shape index (κ2) is 9.34. The van der Waals surface area contributed by atoms with Gasteiger partial charge in [0.15, 0.2) is 11.6 Å². The fraction of sp³-hybridized carbons (Fsp3) is 0.160. The number of morpholine rings is 1. The minimum absolute atomic E-state index is 0.0543. The molecular weight excluding hydrogens is 434 g/mol. The van der Waals surface area contributed by atoms with Gasteiger partial charge in [-0.2, -0.15) is 0 Å². The van der Waals surface area contributed by atoms with Gasteiger partial charge in [-0.1, -0.05) is 24.3 Å². The Bertz CT molecular complexity index is 1310. The third-order valence-electron chi connectivity index (χ3n) is 5.54. The SMILES string of the molecule is O=C(NN1CCOCC1)c1ccc(-n2nc(-c3ccccc3O)nc2-c2ccccc2O)cc1. The molecule has 9 heteroatoms. The molecule has 1 aliphatic heterocycles. The van der Waals surface area contributed by atoms with Crippen molar-refractivity contribution >= 4 is 5.91 Å². The Kier molecular flexibility index (Phi) is 5.94. The van der Waals surface area contributed by atoms with Gasteiger partial charge in [-0.05, 0) is 48.5 Å². The van der Waals surface area contributed by atoms with Gasteiger partial charge in [0.05, 0.1) is 30.0 Å². The highest BCUT2D eigenvalue weighted by molar-refractivity contribution is 5.94. The summed E-state index contributed by atoms with van der Waals surface area (Å²) in [5, 5.41) is 27.2. The van der Waals surface area contributed by atoms with E-state index in [2.05, 4.69) is 15.5 Å². The summed E-state index contributed by atoms with van der Waals surface area (Å²) in [7, 11) is 0. The lowest BCUT2D eigenvalue weighted by Crippen LogP contribution is -2.48. The number of para-hydroxylation sites is 2. The fourth-order valence-corrected chi connectivity index (χ4v) is 3.74. The van der Waals surface area contributed by atoms with Gasteiger partial charge in [0.2, 0.25) is 0 Å². The van der Waals surface area contributed by atoms with Gasteiger partial charge in [-0.25, -0.2) is 14.7 Å². The predicted molar refractivity (Wildman–Crippen MR) is 125 cm³/mol. The number of nitrogens with zero attached hydrogens (tertiary/aromatic N) is 4. The monoisotopic (exact) mass is 457 g/mol. The Hall–Kier alpha value is -4.21. The maximum Gasteiger partial charge on any atom is 0.265 e. The smallest absolute Gasteiger partial charge is 0.265 e. The van der Waals surface area contributed by atoms with Crippen molar-refractivity contribution in [2.45, 2.75) is 0 Å². The van der Waals surface area contributed by atoms with E-state index in [0.717, 1.165) is 0 Å². The summed E-state index contributed by atoms with van der Waals surface area (Å²) in [4.78, 5) is 17.2. The molecule has 0 aliphatic carbocycles. The molecule has 0 unspecified atom stereocenters. The average molecular weight is 457 g/mol. The summed E-state index contributed by atoms with van der Waals surface area (Å²) in [6.07, 6.45) is 0. The molecule has 0 saturated carbocycles. The van der Waals surface area contributed by atoms with E-state index < -0.39 is 0 Å². The number of carbonyl (C=O) groups is 1. The largest absolute Gasteiger partial charge is 0.507 e. The lowest BCUT2D eigenvalue weighted by atomic mass is 10.1. The van der Waals surface area contributed by atoms with Crippen LogP contribution in [0.1, 0.15) is 10.4 Å².